The molecule has 1 amide bonds. The first-order chi connectivity index (χ1) is 18.2. The molecule has 0 spiro atoms. The molecule has 0 saturated heterocycles. The summed E-state index contributed by atoms with van der Waals surface area (Å²) in [4.78, 5) is 12.2. The molecule has 4 heteroatoms. The second kappa shape index (κ2) is 29.7. The van der Waals surface area contributed by atoms with E-state index in [1.54, 1.807) is 6.08 Å². The average molecular weight is 524 g/mol. The third-order valence-electron chi connectivity index (χ3n) is 7.52. The summed E-state index contributed by atoms with van der Waals surface area (Å²) in [6.07, 6.45) is 34.2. The molecule has 2 unspecified atom stereocenters. The van der Waals surface area contributed by atoms with Crippen LogP contribution in [0.15, 0.2) is 12.2 Å². The lowest BCUT2D eigenvalue weighted by atomic mass is 10.0. The van der Waals surface area contributed by atoms with Crippen LogP contribution in [-0.2, 0) is 4.79 Å². The summed E-state index contributed by atoms with van der Waals surface area (Å²) in [5, 5.41) is 22.8. The smallest absolute Gasteiger partial charge is 0.220 e. The quantitative estimate of drug-likeness (QED) is 0.0676. The molecule has 0 bridgehead atoms. The van der Waals surface area contributed by atoms with Crippen LogP contribution in [0.4, 0.5) is 0 Å². The highest BCUT2D eigenvalue weighted by Crippen LogP contribution is 2.14. The van der Waals surface area contributed by atoms with Crippen molar-refractivity contribution in [3.05, 3.63) is 12.2 Å². The van der Waals surface area contributed by atoms with Crippen LogP contribution in [-0.4, -0.2) is 34.9 Å². The van der Waals surface area contributed by atoms with Crippen LogP contribution in [0.25, 0.3) is 0 Å². The summed E-state index contributed by atoms with van der Waals surface area (Å²) in [6, 6.07) is -0.612. The van der Waals surface area contributed by atoms with Gasteiger partial charge in [-0.2, -0.15) is 0 Å². The van der Waals surface area contributed by atoms with Crippen molar-refractivity contribution >= 4 is 5.91 Å². The standard InChI is InChI=1S/C33H65NO3/c1-3-5-7-9-11-13-15-16-17-19-21-23-25-27-29-33(37)34-31(30-35)32(36)28-26-24-22-20-18-14-12-10-8-6-4-2/h26,28,31-32,35-36H,3-25,27,29-30H2,1-2H3,(H,34,37)/b28-26+. The predicted octanol–water partition coefficient (Wildman–Crippen LogP) is 9.17. The molecule has 0 aromatic heterocycles. The van der Waals surface area contributed by atoms with Gasteiger partial charge in [0.1, 0.15) is 0 Å². The molecule has 3 N–H and O–H groups in total. The number of hydrogen-bond acceptors (Lipinski definition) is 3. The molecule has 0 radical (unpaired) electrons. The van der Waals surface area contributed by atoms with Crippen molar-refractivity contribution in [1.82, 2.24) is 5.32 Å². The van der Waals surface area contributed by atoms with E-state index in [2.05, 4.69) is 19.2 Å². The maximum Gasteiger partial charge on any atom is 0.220 e. The van der Waals surface area contributed by atoms with Crippen molar-refractivity contribution in [2.24, 2.45) is 0 Å². The van der Waals surface area contributed by atoms with Gasteiger partial charge in [0.15, 0.2) is 0 Å². The van der Waals surface area contributed by atoms with Crippen molar-refractivity contribution in [2.45, 2.75) is 187 Å². The summed E-state index contributed by atoms with van der Waals surface area (Å²) in [5.74, 6) is -0.0654. The number of carbonyl (C=O) groups is 1. The molecule has 0 aromatic carbocycles. The van der Waals surface area contributed by atoms with Crippen LogP contribution in [0.5, 0.6) is 0 Å². The Morgan fingerprint density at radius 3 is 1.41 bits per heavy atom. The summed E-state index contributed by atoms with van der Waals surface area (Å²) in [5.41, 5.74) is 0. The Morgan fingerprint density at radius 1 is 0.622 bits per heavy atom. The molecule has 0 saturated carbocycles. The number of allylic oxidation sites excluding steroid dienone is 1. The fourth-order valence-corrected chi connectivity index (χ4v) is 4.94. The zero-order valence-corrected chi connectivity index (χ0v) is 25.0. The van der Waals surface area contributed by atoms with Crippen LogP contribution < -0.4 is 5.32 Å². The Bertz CT molecular complexity index is 494. The van der Waals surface area contributed by atoms with Crippen LogP contribution in [0, 0.1) is 0 Å². The Kier molecular flexibility index (Phi) is 29.0. The van der Waals surface area contributed by atoms with Gasteiger partial charge in [0.05, 0.1) is 18.8 Å². The molecule has 37 heavy (non-hydrogen) atoms. The zero-order valence-electron chi connectivity index (χ0n) is 25.0. The van der Waals surface area contributed by atoms with E-state index in [9.17, 15) is 15.0 Å². The summed E-state index contributed by atoms with van der Waals surface area (Å²) >= 11 is 0. The molecule has 0 aliphatic heterocycles. The van der Waals surface area contributed by atoms with Gasteiger partial charge in [0.25, 0.3) is 0 Å². The van der Waals surface area contributed by atoms with Gasteiger partial charge >= 0.3 is 0 Å². The molecule has 0 aromatic rings. The van der Waals surface area contributed by atoms with Crippen molar-refractivity contribution in [3.63, 3.8) is 0 Å². The molecule has 0 rings (SSSR count). The van der Waals surface area contributed by atoms with Crippen LogP contribution in [0.2, 0.25) is 0 Å². The molecule has 2 atom stereocenters. The van der Waals surface area contributed by atoms with Crippen molar-refractivity contribution in [3.8, 4) is 0 Å². The van der Waals surface area contributed by atoms with Crippen molar-refractivity contribution < 1.29 is 15.0 Å². The van der Waals surface area contributed by atoms with E-state index in [1.165, 1.54) is 128 Å². The van der Waals surface area contributed by atoms with Gasteiger partial charge in [0, 0.05) is 6.42 Å². The molecular formula is C33H65NO3. The molecule has 0 heterocycles. The van der Waals surface area contributed by atoms with Gasteiger partial charge in [-0.3, -0.25) is 4.79 Å². The first-order valence-corrected chi connectivity index (χ1v) is 16.4. The van der Waals surface area contributed by atoms with E-state index in [0.717, 1.165) is 25.7 Å². The monoisotopic (exact) mass is 523 g/mol. The Hall–Kier alpha value is -0.870. The topological polar surface area (TPSA) is 69.6 Å². The van der Waals surface area contributed by atoms with Crippen molar-refractivity contribution in [2.75, 3.05) is 6.61 Å². The van der Waals surface area contributed by atoms with E-state index in [0.29, 0.717) is 6.42 Å². The van der Waals surface area contributed by atoms with Crippen LogP contribution in [0.3, 0.4) is 0 Å². The maximum absolute atomic E-state index is 12.2. The normalized spacial score (nSPS) is 13.3. The second-order valence-corrected chi connectivity index (χ2v) is 11.2. The molecular weight excluding hydrogens is 458 g/mol. The van der Waals surface area contributed by atoms with Crippen molar-refractivity contribution in [1.29, 1.82) is 0 Å². The molecule has 0 aliphatic carbocycles. The molecule has 4 nitrogen and oxygen atoms in total. The Morgan fingerprint density at radius 2 is 1.00 bits per heavy atom. The maximum atomic E-state index is 12.2. The van der Waals surface area contributed by atoms with E-state index in [1.807, 2.05) is 6.08 Å². The lowest BCUT2D eigenvalue weighted by Gasteiger charge is -2.20. The average Bonchev–Trinajstić information content (AvgIpc) is 2.90. The fraction of sp³-hybridized carbons (Fsp3) is 0.909. The lowest BCUT2D eigenvalue weighted by molar-refractivity contribution is -0.123. The summed E-state index contributed by atoms with van der Waals surface area (Å²) in [7, 11) is 0. The highest BCUT2D eigenvalue weighted by molar-refractivity contribution is 5.76. The number of nitrogens with one attached hydrogen (secondary N) is 1. The first-order valence-electron chi connectivity index (χ1n) is 16.4. The Balaban J connectivity index is 3.63. The minimum Gasteiger partial charge on any atom is -0.394 e. The largest absolute Gasteiger partial charge is 0.394 e. The SMILES string of the molecule is CCCCCCCCCCC/C=C/C(O)C(CO)NC(=O)CCCCCCCCCCCCCCCC. The number of amides is 1. The number of aliphatic hydroxyl groups excluding tert-OH is 2. The third kappa shape index (κ3) is 26.5. The minimum atomic E-state index is -0.830. The van der Waals surface area contributed by atoms with Crippen LogP contribution >= 0.6 is 0 Å². The minimum absolute atomic E-state index is 0.0654. The van der Waals surface area contributed by atoms with E-state index in [4.69, 9.17) is 0 Å². The fourth-order valence-electron chi connectivity index (χ4n) is 4.94. The molecule has 220 valence electrons. The number of hydrogen-bond donors (Lipinski definition) is 3. The summed E-state index contributed by atoms with van der Waals surface area (Å²) < 4.78 is 0. The predicted molar refractivity (Wildman–Crippen MR) is 161 cm³/mol. The first kappa shape index (κ1) is 36.1. The third-order valence-corrected chi connectivity index (χ3v) is 7.52. The number of aliphatic hydroxyl groups is 2. The van der Waals surface area contributed by atoms with Gasteiger partial charge < -0.3 is 15.5 Å². The molecule has 0 aliphatic rings. The van der Waals surface area contributed by atoms with E-state index >= 15 is 0 Å². The van der Waals surface area contributed by atoms with Gasteiger partial charge in [-0.05, 0) is 19.3 Å². The number of carbonyl (C=O) groups excluding carboxylic acids is 1. The Labute approximate surface area is 231 Å². The number of unbranched alkanes of at least 4 members (excludes halogenated alkanes) is 22. The number of rotatable bonds is 29. The van der Waals surface area contributed by atoms with Gasteiger partial charge in [-0.15, -0.1) is 0 Å². The van der Waals surface area contributed by atoms with E-state index in [-0.39, 0.29) is 12.5 Å². The van der Waals surface area contributed by atoms with Crippen LogP contribution in [0.1, 0.15) is 174 Å². The highest BCUT2D eigenvalue weighted by atomic mass is 16.3. The molecule has 0 fully saturated rings. The summed E-state index contributed by atoms with van der Waals surface area (Å²) in [6.45, 7) is 4.28. The second-order valence-electron chi connectivity index (χ2n) is 11.2. The van der Waals surface area contributed by atoms with E-state index < -0.39 is 12.1 Å². The van der Waals surface area contributed by atoms with Gasteiger partial charge in [0.2, 0.25) is 5.91 Å². The highest BCUT2D eigenvalue weighted by Gasteiger charge is 2.17. The van der Waals surface area contributed by atoms with Gasteiger partial charge in [-0.1, -0.05) is 161 Å². The van der Waals surface area contributed by atoms with Gasteiger partial charge in [-0.25, -0.2) is 0 Å². The lowest BCUT2D eigenvalue weighted by Crippen LogP contribution is -2.45. The zero-order chi connectivity index (χ0) is 27.2.